The van der Waals surface area contributed by atoms with Gasteiger partial charge in [0, 0.05) is 35.8 Å². The Kier molecular flexibility index (Phi) is 5.18. The van der Waals surface area contributed by atoms with Gasteiger partial charge in [0.15, 0.2) is 17.3 Å². The van der Waals surface area contributed by atoms with Crippen molar-refractivity contribution in [3.05, 3.63) is 48.0 Å². The Balaban J connectivity index is 1.37. The van der Waals surface area contributed by atoms with E-state index in [1.54, 1.807) is 31.2 Å². The number of nitrogens with one attached hydrogen (secondary N) is 2. The van der Waals surface area contributed by atoms with E-state index >= 15 is 0 Å². The van der Waals surface area contributed by atoms with Gasteiger partial charge in [0.25, 0.3) is 5.79 Å². The molecule has 1 aliphatic carbocycles. The molecule has 1 atom stereocenters. The monoisotopic (exact) mass is 394 g/mol. The molecule has 1 amide bonds. The van der Waals surface area contributed by atoms with Crippen molar-refractivity contribution >= 4 is 23.1 Å². The standard InChI is InChI=1S/C23H26N2O4/c1-15(22(27)25-18-8-6-17(7-9-18)16(2)26)24-19-10-11-20-21(14-19)29-23(28-20)12-4-3-5-13-23/h6-11,14-15,24H,3-5,12-13H2,1-2H3,(H,25,27)/t15-/m0/s1. The zero-order valence-electron chi connectivity index (χ0n) is 16.8. The SMILES string of the molecule is CC(=O)c1ccc(NC(=O)[C@H](C)Nc2ccc3c(c2)OC2(CCCCC2)O3)cc1. The Morgan fingerprint density at radius 1 is 0.931 bits per heavy atom. The van der Waals surface area contributed by atoms with Crippen LogP contribution in [0.3, 0.4) is 0 Å². The molecule has 2 aromatic rings. The average molecular weight is 394 g/mol. The van der Waals surface area contributed by atoms with Crippen LogP contribution in [0, 0.1) is 0 Å². The highest BCUT2D eigenvalue weighted by Gasteiger charge is 2.42. The lowest BCUT2D eigenvalue weighted by Gasteiger charge is -2.31. The van der Waals surface area contributed by atoms with Gasteiger partial charge in [-0.2, -0.15) is 0 Å². The molecule has 152 valence electrons. The Morgan fingerprint density at radius 3 is 2.28 bits per heavy atom. The summed E-state index contributed by atoms with van der Waals surface area (Å²) in [6.07, 6.45) is 5.27. The number of benzene rings is 2. The molecule has 29 heavy (non-hydrogen) atoms. The number of Topliss-reactive ketones (excluding diaryl/α,β-unsaturated/α-hetero) is 1. The first-order valence-corrected chi connectivity index (χ1v) is 10.1. The van der Waals surface area contributed by atoms with E-state index < -0.39 is 11.8 Å². The van der Waals surface area contributed by atoms with E-state index in [0.29, 0.717) is 11.3 Å². The van der Waals surface area contributed by atoms with E-state index in [1.807, 2.05) is 18.2 Å². The highest BCUT2D eigenvalue weighted by molar-refractivity contribution is 5.98. The number of carbonyl (C=O) groups excluding carboxylic acids is 2. The van der Waals surface area contributed by atoms with Crippen molar-refractivity contribution in [2.75, 3.05) is 10.6 Å². The van der Waals surface area contributed by atoms with Gasteiger partial charge in [0.1, 0.15) is 6.04 Å². The van der Waals surface area contributed by atoms with Crippen LogP contribution < -0.4 is 20.1 Å². The zero-order valence-corrected chi connectivity index (χ0v) is 16.8. The van der Waals surface area contributed by atoms with Crippen LogP contribution in [0.4, 0.5) is 11.4 Å². The number of hydrogen-bond donors (Lipinski definition) is 2. The van der Waals surface area contributed by atoms with Crippen molar-refractivity contribution in [2.45, 2.75) is 57.8 Å². The summed E-state index contributed by atoms with van der Waals surface area (Å²) in [6, 6.07) is 12.1. The maximum absolute atomic E-state index is 12.5. The van der Waals surface area contributed by atoms with Gasteiger partial charge in [0.2, 0.25) is 5.91 Å². The van der Waals surface area contributed by atoms with Gasteiger partial charge in [-0.15, -0.1) is 0 Å². The van der Waals surface area contributed by atoms with Crippen LogP contribution in [0.15, 0.2) is 42.5 Å². The number of carbonyl (C=O) groups is 2. The molecule has 0 bridgehead atoms. The summed E-state index contributed by atoms with van der Waals surface area (Å²) in [5.74, 6) is 0.816. The largest absolute Gasteiger partial charge is 0.448 e. The molecular weight excluding hydrogens is 368 g/mol. The first-order valence-electron chi connectivity index (χ1n) is 10.1. The molecule has 1 heterocycles. The molecule has 2 N–H and O–H groups in total. The first kappa shape index (κ1) is 19.3. The molecule has 1 saturated carbocycles. The van der Waals surface area contributed by atoms with Crippen molar-refractivity contribution in [2.24, 2.45) is 0 Å². The Hall–Kier alpha value is -3.02. The number of hydrogen-bond acceptors (Lipinski definition) is 5. The third kappa shape index (κ3) is 4.21. The van der Waals surface area contributed by atoms with E-state index in [0.717, 1.165) is 42.9 Å². The van der Waals surface area contributed by atoms with Crippen molar-refractivity contribution in [3.8, 4) is 11.5 Å². The fraction of sp³-hybridized carbons (Fsp3) is 0.391. The van der Waals surface area contributed by atoms with Crippen molar-refractivity contribution in [1.82, 2.24) is 0 Å². The molecule has 1 fully saturated rings. The maximum Gasteiger partial charge on any atom is 0.251 e. The second-order valence-electron chi connectivity index (χ2n) is 7.83. The Bertz CT molecular complexity index is 917. The van der Waals surface area contributed by atoms with Crippen LogP contribution in [0.2, 0.25) is 0 Å². The number of rotatable bonds is 5. The van der Waals surface area contributed by atoms with Crippen LogP contribution >= 0.6 is 0 Å². The molecule has 2 aliphatic rings. The molecular formula is C23H26N2O4. The minimum atomic E-state index is -0.506. The second-order valence-corrected chi connectivity index (χ2v) is 7.83. The van der Waals surface area contributed by atoms with Crippen LogP contribution in [0.25, 0.3) is 0 Å². The van der Waals surface area contributed by atoms with Crippen LogP contribution in [0.1, 0.15) is 56.3 Å². The summed E-state index contributed by atoms with van der Waals surface area (Å²) in [6.45, 7) is 3.31. The zero-order chi connectivity index (χ0) is 20.4. The molecule has 4 rings (SSSR count). The summed E-state index contributed by atoms with van der Waals surface area (Å²) >= 11 is 0. The van der Waals surface area contributed by atoms with E-state index in [-0.39, 0.29) is 11.7 Å². The summed E-state index contributed by atoms with van der Waals surface area (Å²) < 4.78 is 12.2. The fourth-order valence-electron chi connectivity index (χ4n) is 3.83. The summed E-state index contributed by atoms with van der Waals surface area (Å²) in [4.78, 5) is 23.9. The predicted molar refractivity (Wildman–Crippen MR) is 112 cm³/mol. The van der Waals surface area contributed by atoms with Crippen LogP contribution in [-0.2, 0) is 4.79 Å². The van der Waals surface area contributed by atoms with Crippen molar-refractivity contribution in [1.29, 1.82) is 0 Å². The fourth-order valence-corrected chi connectivity index (χ4v) is 3.83. The third-order valence-corrected chi connectivity index (χ3v) is 5.49. The Morgan fingerprint density at radius 2 is 1.59 bits per heavy atom. The van der Waals surface area contributed by atoms with Crippen molar-refractivity contribution in [3.63, 3.8) is 0 Å². The van der Waals surface area contributed by atoms with Gasteiger partial charge >= 0.3 is 0 Å². The maximum atomic E-state index is 12.5. The lowest BCUT2D eigenvalue weighted by atomic mass is 9.94. The molecule has 0 aromatic heterocycles. The molecule has 0 unspecified atom stereocenters. The summed E-state index contributed by atoms with van der Waals surface area (Å²) in [7, 11) is 0. The Labute approximate surface area is 170 Å². The van der Waals surface area contributed by atoms with E-state index in [9.17, 15) is 9.59 Å². The number of ketones is 1. The highest BCUT2D eigenvalue weighted by atomic mass is 16.7. The number of anilines is 2. The van der Waals surface area contributed by atoms with Crippen molar-refractivity contribution < 1.29 is 19.1 Å². The number of fused-ring (bicyclic) bond motifs is 1. The lowest BCUT2D eigenvalue weighted by Crippen LogP contribution is -2.40. The van der Waals surface area contributed by atoms with Gasteiger partial charge in [0.05, 0.1) is 0 Å². The van der Waals surface area contributed by atoms with E-state index in [1.165, 1.54) is 13.3 Å². The summed E-state index contributed by atoms with van der Waals surface area (Å²) in [5.41, 5.74) is 2.07. The highest BCUT2D eigenvalue weighted by Crippen LogP contribution is 2.46. The third-order valence-electron chi connectivity index (χ3n) is 5.49. The number of ether oxygens (including phenoxy) is 2. The second kappa shape index (κ2) is 7.78. The molecule has 1 aliphatic heterocycles. The molecule has 1 spiro atoms. The minimum absolute atomic E-state index is 0.00396. The normalized spacial score (nSPS) is 17.6. The molecule has 0 saturated heterocycles. The number of amides is 1. The quantitative estimate of drug-likeness (QED) is 0.715. The average Bonchev–Trinajstić information content (AvgIpc) is 3.05. The molecule has 2 aromatic carbocycles. The van der Waals surface area contributed by atoms with Crippen LogP contribution in [-0.4, -0.2) is 23.5 Å². The minimum Gasteiger partial charge on any atom is -0.448 e. The predicted octanol–water partition coefficient (Wildman–Crippen LogP) is 4.76. The molecule has 0 radical (unpaired) electrons. The lowest BCUT2D eigenvalue weighted by molar-refractivity contribution is -0.116. The van der Waals surface area contributed by atoms with Gasteiger partial charge < -0.3 is 20.1 Å². The van der Waals surface area contributed by atoms with Gasteiger partial charge in [-0.1, -0.05) is 6.42 Å². The van der Waals surface area contributed by atoms with E-state index in [4.69, 9.17) is 9.47 Å². The topological polar surface area (TPSA) is 76.7 Å². The van der Waals surface area contributed by atoms with Gasteiger partial charge in [-0.3, -0.25) is 9.59 Å². The first-order chi connectivity index (χ1) is 13.9. The van der Waals surface area contributed by atoms with Crippen LogP contribution in [0.5, 0.6) is 11.5 Å². The molecule has 6 nitrogen and oxygen atoms in total. The van der Waals surface area contributed by atoms with Gasteiger partial charge in [-0.05, 0) is 63.1 Å². The van der Waals surface area contributed by atoms with E-state index in [2.05, 4.69) is 10.6 Å². The smallest absolute Gasteiger partial charge is 0.251 e. The summed E-state index contributed by atoms with van der Waals surface area (Å²) in [5, 5.41) is 6.07. The van der Waals surface area contributed by atoms with Gasteiger partial charge in [-0.25, -0.2) is 0 Å². The molecule has 6 heteroatoms.